The van der Waals surface area contributed by atoms with Crippen molar-refractivity contribution in [2.45, 2.75) is 32.7 Å². The van der Waals surface area contributed by atoms with E-state index in [2.05, 4.69) is 19.2 Å². The molecule has 2 unspecified atom stereocenters. The van der Waals surface area contributed by atoms with Crippen LogP contribution in [-0.2, 0) is 0 Å². The van der Waals surface area contributed by atoms with Gasteiger partial charge in [0.05, 0.1) is 21.3 Å². The minimum Gasteiger partial charge on any atom is -0.493 e. The van der Waals surface area contributed by atoms with Crippen LogP contribution in [0.4, 0.5) is 0 Å². The number of methoxy groups -OCH3 is 3. The van der Waals surface area contributed by atoms with Gasteiger partial charge in [0.1, 0.15) is 0 Å². The Balaban J connectivity index is 3.21. The Morgan fingerprint density at radius 1 is 1.05 bits per heavy atom. The molecule has 114 valence electrons. The van der Waals surface area contributed by atoms with Crippen LogP contribution in [0.3, 0.4) is 0 Å². The first-order chi connectivity index (χ1) is 9.62. The van der Waals surface area contributed by atoms with Gasteiger partial charge in [0.25, 0.3) is 0 Å². The number of hydrogen-bond acceptors (Lipinski definition) is 4. The van der Waals surface area contributed by atoms with Gasteiger partial charge in [-0.15, -0.1) is 0 Å². The smallest absolute Gasteiger partial charge is 0.203 e. The monoisotopic (exact) mass is 281 g/mol. The van der Waals surface area contributed by atoms with Crippen molar-refractivity contribution in [3.05, 3.63) is 17.7 Å². The molecule has 1 rings (SSSR count). The largest absolute Gasteiger partial charge is 0.493 e. The van der Waals surface area contributed by atoms with Gasteiger partial charge in [-0.2, -0.15) is 0 Å². The number of nitrogens with one attached hydrogen (secondary N) is 1. The average molecular weight is 281 g/mol. The van der Waals surface area contributed by atoms with E-state index in [4.69, 9.17) is 14.2 Å². The van der Waals surface area contributed by atoms with E-state index in [0.29, 0.717) is 17.4 Å². The van der Waals surface area contributed by atoms with Crippen molar-refractivity contribution < 1.29 is 14.2 Å². The van der Waals surface area contributed by atoms with Crippen LogP contribution in [0.2, 0.25) is 0 Å². The predicted molar refractivity (Wildman–Crippen MR) is 82.0 cm³/mol. The molecule has 0 aromatic heterocycles. The number of ether oxygens (including phenoxy) is 3. The minimum atomic E-state index is 0.236. The lowest BCUT2D eigenvalue weighted by atomic mass is 9.93. The molecule has 4 heteroatoms. The molecule has 0 saturated heterocycles. The second-order valence-electron chi connectivity index (χ2n) is 5.01. The molecule has 0 radical (unpaired) electrons. The summed E-state index contributed by atoms with van der Waals surface area (Å²) >= 11 is 0. The standard InChI is InChI=1S/C16H27NO3/c1-7-11(2)10-13(17-3)12-8-9-14(18-4)16(20-6)15(12)19-5/h8-9,11,13,17H,7,10H2,1-6H3. The lowest BCUT2D eigenvalue weighted by Crippen LogP contribution is -2.20. The maximum Gasteiger partial charge on any atom is 0.203 e. The van der Waals surface area contributed by atoms with Gasteiger partial charge in [0.15, 0.2) is 11.5 Å². The molecule has 0 aliphatic rings. The maximum absolute atomic E-state index is 5.56. The average Bonchev–Trinajstić information content (AvgIpc) is 2.50. The van der Waals surface area contributed by atoms with E-state index in [-0.39, 0.29) is 6.04 Å². The lowest BCUT2D eigenvalue weighted by molar-refractivity contribution is 0.316. The third-order valence-electron chi connectivity index (χ3n) is 3.79. The van der Waals surface area contributed by atoms with Crippen molar-refractivity contribution in [2.24, 2.45) is 5.92 Å². The Labute approximate surface area is 122 Å². The Hall–Kier alpha value is -1.42. The zero-order chi connectivity index (χ0) is 15.1. The molecule has 0 heterocycles. The van der Waals surface area contributed by atoms with Crippen LogP contribution in [0, 0.1) is 5.92 Å². The van der Waals surface area contributed by atoms with Crippen LogP contribution in [0.5, 0.6) is 17.2 Å². The first-order valence-corrected chi connectivity index (χ1v) is 7.08. The molecule has 0 bridgehead atoms. The molecule has 0 saturated carbocycles. The third kappa shape index (κ3) is 3.57. The van der Waals surface area contributed by atoms with Gasteiger partial charge in [0, 0.05) is 11.6 Å². The van der Waals surface area contributed by atoms with E-state index in [0.717, 1.165) is 24.2 Å². The molecule has 0 aliphatic carbocycles. The number of hydrogen-bond donors (Lipinski definition) is 1. The van der Waals surface area contributed by atoms with Crippen molar-refractivity contribution in [2.75, 3.05) is 28.4 Å². The highest BCUT2D eigenvalue weighted by molar-refractivity contribution is 5.56. The predicted octanol–water partition coefficient (Wildman–Crippen LogP) is 3.41. The summed E-state index contributed by atoms with van der Waals surface area (Å²) < 4.78 is 16.3. The van der Waals surface area contributed by atoms with Gasteiger partial charge < -0.3 is 19.5 Å². The zero-order valence-corrected chi connectivity index (χ0v) is 13.4. The highest BCUT2D eigenvalue weighted by Gasteiger charge is 2.22. The summed E-state index contributed by atoms with van der Waals surface area (Å²) in [6.45, 7) is 4.47. The molecule has 4 nitrogen and oxygen atoms in total. The second-order valence-corrected chi connectivity index (χ2v) is 5.01. The van der Waals surface area contributed by atoms with Crippen molar-refractivity contribution in [3.63, 3.8) is 0 Å². The minimum absolute atomic E-state index is 0.236. The van der Waals surface area contributed by atoms with Gasteiger partial charge >= 0.3 is 0 Å². The van der Waals surface area contributed by atoms with Gasteiger partial charge in [0.2, 0.25) is 5.75 Å². The summed E-state index contributed by atoms with van der Waals surface area (Å²) in [5, 5.41) is 3.37. The maximum atomic E-state index is 5.56. The molecular formula is C16H27NO3. The first kappa shape index (κ1) is 16.6. The van der Waals surface area contributed by atoms with Crippen LogP contribution in [0.1, 0.15) is 38.3 Å². The van der Waals surface area contributed by atoms with Crippen molar-refractivity contribution >= 4 is 0 Å². The normalized spacial score (nSPS) is 13.7. The van der Waals surface area contributed by atoms with Crippen LogP contribution < -0.4 is 19.5 Å². The number of benzene rings is 1. The van der Waals surface area contributed by atoms with E-state index in [9.17, 15) is 0 Å². The Morgan fingerprint density at radius 2 is 1.70 bits per heavy atom. The van der Waals surface area contributed by atoms with E-state index >= 15 is 0 Å². The van der Waals surface area contributed by atoms with Gasteiger partial charge in [-0.25, -0.2) is 0 Å². The topological polar surface area (TPSA) is 39.7 Å². The molecule has 1 aromatic rings. The molecule has 0 spiro atoms. The van der Waals surface area contributed by atoms with E-state index < -0.39 is 0 Å². The third-order valence-corrected chi connectivity index (χ3v) is 3.79. The molecule has 1 N–H and O–H groups in total. The fourth-order valence-electron chi connectivity index (χ4n) is 2.37. The van der Waals surface area contributed by atoms with E-state index in [1.807, 2.05) is 19.2 Å². The van der Waals surface area contributed by atoms with Crippen LogP contribution in [0.25, 0.3) is 0 Å². The van der Waals surface area contributed by atoms with Gasteiger partial charge in [-0.05, 0) is 31.5 Å². The SMILES string of the molecule is CCC(C)CC(NC)c1ccc(OC)c(OC)c1OC. The van der Waals surface area contributed by atoms with Crippen molar-refractivity contribution in [1.82, 2.24) is 5.32 Å². The van der Waals surface area contributed by atoms with E-state index in [1.165, 1.54) is 0 Å². The Morgan fingerprint density at radius 3 is 2.15 bits per heavy atom. The summed E-state index contributed by atoms with van der Waals surface area (Å²) in [7, 11) is 6.90. The second kappa shape index (κ2) is 8.00. The first-order valence-electron chi connectivity index (χ1n) is 7.08. The van der Waals surface area contributed by atoms with E-state index in [1.54, 1.807) is 21.3 Å². The summed E-state index contributed by atoms with van der Waals surface area (Å²) in [6.07, 6.45) is 2.21. The summed E-state index contributed by atoms with van der Waals surface area (Å²) in [6, 6.07) is 4.21. The highest BCUT2D eigenvalue weighted by Crippen LogP contribution is 2.43. The molecule has 0 aliphatic heterocycles. The van der Waals surface area contributed by atoms with Crippen LogP contribution in [-0.4, -0.2) is 28.4 Å². The lowest BCUT2D eigenvalue weighted by Gasteiger charge is -2.24. The summed E-state index contributed by atoms with van der Waals surface area (Å²) in [4.78, 5) is 0. The van der Waals surface area contributed by atoms with Crippen molar-refractivity contribution in [3.8, 4) is 17.2 Å². The molecule has 0 fully saturated rings. The molecule has 20 heavy (non-hydrogen) atoms. The van der Waals surface area contributed by atoms with Crippen LogP contribution in [0.15, 0.2) is 12.1 Å². The fraction of sp³-hybridized carbons (Fsp3) is 0.625. The quantitative estimate of drug-likeness (QED) is 0.792. The zero-order valence-electron chi connectivity index (χ0n) is 13.4. The molecule has 0 amide bonds. The van der Waals surface area contributed by atoms with Crippen LogP contribution >= 0.6 is 0 Å². The number of rotatable bonds is 8. The molecule has 1 aromatic carbocycles. The van der Waals surface area contributed by atoms with Gasteiger partial charge in [-0.3, -0.25) is 0 Å². The fourth-order valence-corrected chi connectivity index (χ4v) is 2.37. The van der Waals surface area contributed by atoms with Gasteiger partial charge in [-0.1, -0.05) is 20.3 Å². The highest BCUT2D eigenvalue weighted by atomic mass is 16.5. The molecule has 2 atom stereocenters. The summed E-state index contributed by atoms with van der Waals surface area (Å²) in [5.41, 5.74) is 1.10. The Kier molecular flexibility index (Phi) is 6.65. The van der Waals surface area contributed by atoms with Crippen molar-refractivity contribution in [1.29, 1.82) is 0 Å². The summed E-state index contributed by atoms with van der Waals surface area (Å²) in [5.74, 6) is 2.73. The molecular weight excluding hydrogens is 254 g/mol. The Bertz CT molecular complexity index is 420.